The van der Waals surface area contributed by atoms with Crippen molar-refractivity contribution < 1.29 is 32.9 Å². The van der Waals surface area contributed by atoms with Gasteiger partial charge in [-0.2, -0.15) is 4.57 Å². The van der Waals surface area contributed by atoms with Crippen molar-refractivity contribution in [2.75, 3.05) is 17.2 Å². The third kappa shape index (κ3) is 5.12. The second kappa shape index (κ2) is 9.40. The van der Waals surface area contributed by atoms with Gasteiger partial charge in [0.2, 0.25) is 0 Å². The first kappa shape index (κ1) is 24.5. The molecule has 0 aliphatic heterocycles. The number of hydrogen-bond donors (Lipinski definition) is 3. The van der Waals surface area contributed by atoms with E-state index in [1.165, 1.54) is 0 Å². The lowest BCUT2D eigenvalue weighted by Gasteiger charge is -2.21. The van der Waals surface area contributed by atoms with Gasteiger partial charge in [0.25, 0.3) is 17.1 Å². The number of nitrogens with zero attached hydrogens (tertiary/aromatic N) is 3. The van der Waals surface area contributed by atoms with Crippen LogP contribution in [0.2, 0.25) is 0 Å². The highest BCUT2D eigenvalue weighted by atomic mass is 31.2. The number of nitro benzene ring substituents is 3. The van der Waals surface area contributed by atoms with Gasteiger partial charge < -0.3 is 30.8 Å². The second-order valence-electron chi connectivity index (χ2n) is 6.56. The van der Waals surface area contributed by atoms with Gasteiger partial charge in [0, 0.05) is 18.2 Å². The highest BCUT2D eigenvalue weighted by Gasteiger charge is 2.38. The van der Waals surface area contributed by atoms with Crippen LogP contribution in [0.5, 0.6) is 17.2 Å². The Balaban J connectivity index is 2.12. The van der Waals surface area contributed by atoms with E-state index < -0.39 is 74.0 Å². The Kier molecular flexibility index (Phi) is 6.59. The Morgan fingerprint density at radius 1 is 0.571 bits per heavy atom. The minimum atomic E-state index is -5.02. The molecule has 0 spiro atoms. The summed E-state index contributed by atoms with van der Waals surface area (Å²) >= 11 is 0. The molecule has 6 N–H and O–H groups in total. The van der Waals surface area contributed by atoms with E-state index in [-0.39, 0.29) is 0 Å². The first-order valence-corrected chi connectivity index (χ1v) is 10.7. The Morgan fingerprint density at radius 3 is 1.06 bits per heavy atom. The number of benzene rings is 3. The van der Waals surface area contributed by atoms with Gasteiger partial charge >= 0.3 is 7.82 Å². The molecule has 0 unspecified atom stereocenters. The highest BCUT2D eigenvalue weighted by Crippen LogP contribution is 2.54. The first-order valence-electron chi connectivity index (χ1n) is 9.21. The van der Waals surface area contributed by atoms with E-state index in [1.807, 2.05) is 0 Å². The van der Waals surface area contributed by atoms with Crippen LogP contribution in [0.15, 0.2) is 54.6 Å². The van der Waals surface area contributed by atoms with Crippen molar-refractivity contribution in [2.45, 2.75) is 0 Å². The number of rotatable bonds is 9. The van der Waals surface area contributed by atoms with E-state index in [9.17, 15) is 34.9 Å². The van der Waals surface area contributed by atoms with E-state index in [0.29, 0.717) is 0 Å². The Hall–Kier alpha value is -5.11. The van der Waals surface area contributed by atoms with Gasteiger partial charge in [-0.1, -0.05) is 18.2 Å². The lowest BCUT2D eigenvalue weighted by molar-refractivity contribution is -0.384. The number of para-hydroxylation sites is 3. The zero-order valence-electron chi connectivity index (χ0n) is 17.3. The molecule has 0 aliphatic rings. The van der Waals surface area contributed by atoms with E-state index in [0.717, 1.165) is 54.6 Å². The number of phosphoric acid groups is 1. The van der Waals surface area contributed by atoms with Crippen LogP contribution in [0.4, 0.5) is 34.1 Å². The summed E-state index contributed by atoms with van der Waals surface area (Å²) in [6.07, 6.45) is 0. The molecule has 3 aromatic carbocycles. The van der Waals surface area contributed by atoms with Gasteiger partial charge in [0.15, 0.2) is 34.3 Å². The van der Waals surface area contributed by atoms with Gasteiger partial charge in [-0.25, -0.2) is 0 Å². The summed E-state index contributed by atoms with van der Waals surface area (Å²) in [6, 6.07) is 9.95. The quantitative estimate of drug-likeness (QED) is 0.162. The molecule has 0 aliphatic carbocycles. The molecule has 0 aromatic heterocycles. The van der Waals surface area contributed by atoms with E-state index >= 15 is 0 Å². The molecule has 0 heterocycles. The number of nitrogens with two attached hydrogens (primary N) is 3. The lowest BCUT2D eigenvalue weighted by atomic mass is 10.2. The molecule has 0 atom stereocenters. The Labute approximate surface area is 194 Å². The molecule has 0 radical (unpaired) electrons. The molecule has 16 nitrogen and oxygen atoms in total. The van der Waals surface area contributed by atoms with Crippen LogP contribution in [-0.2, 0) is 4.57 Å². The SMILES string of the molecule is Nc1c(OP(=O)(Oc2cccc([N+](=O)[O-])c2N)Oc2cccc([N+](=O)[O-])c2N)cccc1[N+](=O)[O-]. The molecule has 3 aromatic rings. The number of anilines is 3. The fourth-order valence-corrected chi connectivity index (χ4v) is 4.04. The molecule has 0 saturated carbocycles. The fraction of sp³-hybridized carbons (Fsp3) is 0. The maximum atomic E-state index is 13.7. The molecular formula is C18H15N6O10P. The summed E-state index contributed by atoms with van der Waals surface area (Å²) in [5.74, 6) is -1.55. The predicted octanol–water partition coefficient (Wildman–Crippen LogP) is 3.80. The van der Waals surface area contributed by atoms with Crippen LogP contribution in [-0.4, -0.2) is 14.8 Å². The van der Waals surface area contributed by atoms with Crippen LogP contribution >= 0.6 is 7.82 Å². The Bertz CT molecular complexity index is 1230. The summed E-state index contributed by atoms with van der Waals surface area (Å²) in [7, 11) is -5.02. The normalized spacial score (nSPS) is 10.9. The zero-order valence-corrected chi connectivity index (χ0v) is 18.2. The molecule has 35 heavy (non-hydrogen) atoms. The second-order valence-corrected chi connectivity index (χ2v) is 8.00. The summed E-state index contributed by atoms with van der Waals surface area (Å²) in [4.78, 5) is 31.1. The molecule has 0 bridgehead atoms. The van der Waals surface area contributed by atoms with Gasteiger partial charge in [-0.05, 0) is 18.2 Å². The number of phosphoric ester groups is 1. The van der Waals surface area contributed by atoms with Crippen LogP contribution in [0.1, 0.15) is 0 Å². The molecule has 3 rings (SSSR count). The fourth-order valence-electron chi connectivity index (χ4n) is 2.73. The summed E-state index contributed by atoms with van der Waals surface area (Å²) in [5, 5.41) is 33.6. The third-order valence-corrected chi connectivity index (χ3v) is 5.61. The topological polar surface area (TPSA) is 252 Å². The van der Waals surface area contributed by atoms with Crippen LogP contribution < -0.4 is 30.8 Å². The molecule has 0 fully saturated rings. The monoisotopic (exact) mass is 506 g/mol. The van der Waals surface area contributed by atoms with E-state index in [2.05, 4.69) is 0 Å². The minimum absolute atomic E-state index is 0.518. The first-order chi connectivity index (χ1) is 16.4. The van der Waals surface area contributed by atoms with Gasteiger partial charge in [-0.3, -0.25) is 30.3 Å². The maximum Gasteiger partial charge on any atom is 0.647 e. The average molecular weight is 506 g/mol. The van der Waals surface area contributed by atoms with Crippen molar-refractivity contribution in [1.82, 2.24) is 0 Å². The number of nitro groups is 3. The molecule has 17 heteroatoms. The summed E-state index contributed by atoms with van der Waals surface area (Å²) < 4.78 is 29.5. The van der Waals surface area contributed by atoms with Gasteiger partial charge in [0.1, 0.15) is 0 Å². The molecule has 0 saturated heterocycles. The summed E-state index contributed by atoms with van der Waals surface area (Å²) in [5.41, 5.74) is 13.8. The highest BCUT2D eigenvalue weighted by molar-refractivity contribution is 7.49. The summed E-state index contributed by atoms with van der Waals surface area (Å²) in [6.45, 7) is 0. The number of nitrogen functional groups attached to an aromatic ring is 3. The Morgan fingerprint density at radius 2 is 0.829 bits per heavy atom. The average Bonchev–Trinajstić information content (AvgIpc) is 2.77. The standard InChI is InChI=1S/C18H15N6O10P/c19-16-10(22(25)26)4-1-7-13(16)32-35(31,33-14-8-2-5-11(17(14)20)23(27)28)34-15-9-3-6-12(18(15)21)24(29)30/h1-9H,19-21H2. The molecular weight excluding hydrogens is 491 g/mol. The lowest BCUT2D eigenvalue weighted by Crippen LogP contribution is -2.11. The third-order valence-electron chi connectivity index (χ3n) is 4.35. The van der Waals surface area contributed by atoms with Crippen LogP contribution in [0.3, 0.4) is 0 Å². The van der Waals surface area contributed by atoms with Crippen LogP contribution in [0.25, 0.3) is 0 Å². The van der Waals surface area contributed by atoms with E-state index in [4.69, 9.17) is 30.8 Å². The van der Waals surface area contributed by atoms with Crippen molar-refractivity contribution in [3.05, 3.63) is 84.9 Å². The largest absolute Gasteiger partial charge is 0.647 e. The van der Waals surface area contributed by atoms with E-state index in [1.54, 1.807) is 0 Å². The van der Waals surface area contributed by atoms with Gasteiger partial charge in [0.05, 0.1) is 14.8 Å². The van der Waals surface area contributed by atoms with Crippen molar-refractivity contribution in [3.63, 3.8) is 0 Å². The maximum absolute atomic E-state index is 13.7. The van der Waals surface area contributed by atoms with Crippen molar-refractivity contribution in [3.8, 4) is 17.2 Å². The molecule has 182 valence electrons. The predicted molar refractivity (Wildman–Crippen MR) is 122 cm³/mol. The number of hydrogen-bond acceptors (Lipinski definition) is 13. The van der Waals surface area contributed by atoms with Crippen molar-refractivity contribution in [2.24, 2.45) is 0 Å². The van der Waals surface area contributed by atoms with Crippen molar-refractivity contribution >= 4 is 41.9 Å². The zero-order chi connectivity index (χ0) is 25.9. The molecule has 0 amide bonds. The smallest absolute Gasteiger partial charge is 0.390 e. The van der Waals surface area contributed by atoms with Gasteiger partial charge in [-0.15, -0.1) is 0 Å². The minimum Gasteiger partial charge on any atom is -0.390 e. The van der Waals surface area contributed by atoms with Crippen LogP contribution in [0, 0.1) is 30.3 Å². The van der Waals surface area contributed by atoms with Crippen molar-refractivity contribution in [1.29, 1.82) is 0 Å².